The highest BCUT2D eigenvalue weighted by atomic mass is 32.1. The number of carbonyl (C=O) groups is 1. The van der Waals surface area contributed by atoms with Crippen molar-refractivity contribution >= 4 is 17.2 Å². The van der Waals surface area contributed by atoms with E-state index in [0.29, 0.717) is 24.1 Å². The van der Waals surface area contributed by atoms with Crippen molar-refractivity contribution in [1.29, 1.82) is 0 Å². The zero-order valence-electron chi connectivity index (χ0n) is 10.4. The Morgan fingerprint density at radius 3 is 2.72 bits per heavy atom. The summed E-state index contributed by atoms with van der Waals surface area (Å²) in [5.41, 5.74) is 5.82. The number of rotatable bonds is 5. The average molecular weight is 268 g/mol. The number of aliphatic hydroxyl groups is 1. The first-order valence-electron chi connectivity index (χ1n) is 6.40. The molecular formula is C13H20N2O2S. The first-order valence-corrected chi connectivity index (χ1v) is 7.28. The molecule has 0 atom stereocenters. The van der Waals surface area contributed by atoms with Crippen LogP contribution in [0.15, 0.2) is 11.4 Å². The molecule has 1 amide bonds. The van der Waals surface area contributed by atoms with Gasteiger partial charge in [0.15, 0.2) is 0 Å². The maximum atomic E-state index is 11.0. The molecule has 1 aromatic heterocycles. The molecule has 0 saturated heterocycles. The van der Waals surface area contributed by atoms with Gasteiger partial charge in [-0.1, -0.05) is 0 Å². The van der Waals surface area contributed by atoms with Crippen molar-refractivity contribution in [2.45, 2.75) is 38.3 Å². The lowest BCUT2D eigenvalue weighted by Crippen LogP contribution is -2.33. The second-order valence-corrected chi connectivity index (χ2v) is 5.94. The van der Waals surface area contributed by atoms with E-state index in [2.05, 4.69) is 5.32 Å². The van der Waals surface area contributed by atoms with Crippen LogP contribution in [0.25, 0.3) is 0 Å². The Morgan fingerprint density at radius 1 is 1.44 bits per heavy atom. The van der Waals surface area contributed by atoms with E-state index in [1.165, 1.54) is 0 Å². The Hall–Kier alpha value is -0.910. The first-order chi connectivity index (χ1) is 8.69. The molecular weight excluding hydrogens is 248 g/mol. The minimum Gasteiger partial charge on any atom is -0.396 e. The van der Waals surface area contributed by atoms with Gasteiger partial charge in [-0.15, -0.1) is 11.3 Å². The second-order valence-electron chi connectivity index (χ2n) is 4.95. The molecule has 4 N–H and O–H groups in total. The van der Waals surface area contributed by atoms with E-state index in [1.807, 2.05) is 11.4 Å². The van der Waals surface area contributed by atoms with E-state index in [4.69, 9.17) is 10.8 Å². The molecule has 0 bridgehead atoms. The third-order valence-corrected chi connectivity index (χ3v) is 4.54. The summed E-state index contributed by atoms with van der Waals surface area (Å²) < 4.78 is 0. The van der Waals surface area contributed by atoms with Crippen LogP contribution in [-0.4, -0.2) is 23.7 Å². The first kappa shape index (κ1) is 13.5. The fraction of sp³-hybridized carbons (Fsp3) is 0.615. The maximum absolute atomic E-state index is 11.0. The molecule has 0 unspecified atom stereocenters. The number of aliphatic hydroxyl groups excluding tert-OH is 1. The predicted octanol–water partition coefficient (Wildman–Crippen LogP) is 1.49. The van der Waals surface area contributed by atoms with Gasteiger partial charge in [0.25, 0.3) is 0 Å². The topological polar surface area (TPSA) is 75.4 Å². The third kappa shape index (κ3) is 3.54. The normalized spacial score (nSPS) is 24.1. The van der Waals surface area contributed by atoms with E-state index in [0.717, 1.165) is 37.1 Å². The molecule has 0 aromatic carbocycles. The summed E-state index contributed by atoms with van der Waals surface area (Å²) >= 11 is 1.57. The van der Waals surface area contributed by atoms with Gasteiger partial charge in [-0.3, -0.25) is 4.79 Å². The molecule has 2 rings (SSSR count). The quantitative estimate of drug-likeness (QED) is 0.757. The Kier molecular flexibility index (Phi) is 4.74. The fourth-order valence-corrected chi connectivity index (χ4v) is 3.22. The van der Waals surface area contributed by atoms with Gasteiger partial charge in [0, 0.05) is 29.5 Å². The van der Waals surface area contributed by atoms with Crippen molar-refractivity contribution in [2.24, 2.45) is 11.7 Å². The third-order valence-electron chi connectivity index (χ3n) is 3.61. The zero-order valence-corrected chi connectivity index (χ0v) is 11.2. The Bertz CT molecular complexity index is 397. The van der Waals surface area contributed by atoms with Crippen LogP contribution in [0.5, 0.6) is 0 Å². The summed E-state index contributed by atoms with van der Waals surface area (Å²) in [7, 11) is 0. The SMILES string of the molecule is NC(=O)c1csc(CNC2CCC(CO)CC2)c1. The lowest BCUT2D eigenvalue weighted by Gasteiger charge is -2.27. The molecule has 1 aliphatic rings. The minimum absolute atomic E-state index is 0.319. The molecule has 4 nitrogen and oxygen atoms in total. The van der Waals surface area contributed by atoms with Crippen molar-refractivity contribution in [3.05, 3.63) is 21.9 Å². The van der Waals surface area contributed by atoms with Crippen LogP contribution in [0.2, 0.25) is 0 Å². The van der Waals surface area contributed by atoms with Crippen molar-refractivity contribution in [3.8, 4) is 0 Å². The van der Waals surface area contributed by atoms with E-state index in [-0.39, 0.29) is 5.91 Å². The van der Waals surface area contributed by atoms with Crippen LogP contribution in [0.3, 0.4) is 0 Å². The van der Waals surface area contributed by atoms with Gasteiger partial charge in [0.1, 0.15) is 0 Å². The number of amides is 1. The van der Waals surface area contributed by atoms with Gasteiger partial charge in [-0.05, 0) is 37.7 Å². The number of hydrogen-bond donors (Lipinski definition) is 3. The molecule has 18 heavy (non-hydrogen) atoms. The number of carbonyl (C=O) groups excluding carboxylic acids is 1. The number of nitrogens with one attached hydrogen (secondary N) is 1. The monoisotopic (exact) mass is 268 g/mol. The standard InChI is InChI=1S/C13H20N2O2S/c14-13(17)10-5-12(18-8-10)6-15-11-3-1-9(7-16)2-4-11/h5,8-9,11,15-16H,1-4,6-7H2,(H2,14,17). The molecule has 1 heterocycles. The van der Waals surface area contributed by atoms with Gasteiger partial charge >= 0.3 is 0 Å². The highest BCUT2D eigenvalue weighted by molar-refractivity contribution is 7.10. The van der Waals surface area contributed by atoms with E-state index < -0.39 is 0 Å². The number of primary amides is 1. The summed E-state index contributed by atoms with van der Waals surface area (Å²) in [6, 6.07) is 2.39. The average Bonchev–Trinajstić information content (AvgIpc) is 2.86. The lowest BCUT2D eigenvalue weighted by atomic mass is 9.86. The number of thiophene rings is 1. The molecule has 0 spiro atoms. The van der Waals surface area contributed by atoms with E-state index in [9.17, 15) is 4.79 Å². The lowest BCUT2D eigenvalue weighted by molar-refractivity contribution is 0.100. The summed E-state index contributed by atoms with van der Waals surface area (Å²) in [6.45, 7) is 1.12. The van der Waals surface area contributed by atoms with Crippen molar-refractivity contribution < 1.29 is 9.90 Å². The molecule has 1 aromatic rings. The van der Waals surface area contributed by atoms with Crippen LogP contribution in [-0.2, 0) is 6.54 Å². The van der Waals surface area contributed by atoms with Crippen LogP contribution in [0.4, 0.5) is 0 Å². The largest absolute Gasteiger partial charge is 0.396 e. The fourth-order valence-electron chi connectivity index (χ4n) is 2.40. The van der Waals surface area contributed by atoms with Crippen LogP contribution >= 0.6 is 11.3 Å². The van der Waals surface area contributed by atoms with Gasteiger partial charge in [0.05, 0.1) is 5.56 Å². The van der Waals surface area contributed by atoms with Gasteiger partial charge in [0.2, 0.25) is 5.91 Å². The molecule has 100 valence electrons. The summed E-state index contributed by atoms with van der Waals surface area (Å²) in [6.07, 6.45) is 4.45. The Morgan fingerprint density at radius 2 is 2.17 bits per heavy atom. The highest BCUT2D eigenvalue weighted by Crippen LogP contribution is 2.24. The molecule has 1 fully saturated rings. The number of hydrogen-bond acceptors (Lipinski definition) is 4. The molecule has 1 saturated carbocycles. The van der Waals surface area contributed by atoms with Crippen molar-refractivity contribution in [1.82, 2.24) is 5.32 Å². The summed E-state index contributed by atoms with van der Waals surface area (Å²) in [5, 5.41) is 14.4. The predicted molar refractivity (Wildman–Crippen MR) is 72.5 cm³/mol. The molecule has 0 aliphatic heterocycles. The Labute approximate surface area is 111 Å². The molecule has 5 heteroatoms. The molecule has 0 radical (unpaired) electrons. The van der Waals surface area contributed by atoms with Crippen LogP contribution in [0.1, 0.15) is 40.9 Å². The minimum atomic E-state index is -0.360. The Balaban J connectivity index is 1.76. The second kappa shape index (κ2) is 6.31. The summed E-state index contributed by atoms with van der Waals surface area (Å²) in [4.78, 5) is 12.1. The maximum Gasteiger partial charge on any atom is 0.249 e. The van der Waals surface area contributed by atoms with Gasteiger partial charge < -0.3 is 16.2 Å². The van der Waals surface area contributed by atoms with Crippen molar-refractivity contribution in [3.63, 3.8) is 0 Å². The smallest absolute Gasteiger partial charge is 0.249 e. The zero-order chi connectivity index (χ0) is 13.0. The number of nitrogens with two attached hydrogens (primary N) is 1. The van der Waals surface area contributed by atoms with Crippen LogP contribution in [0, 0.1) is 5.92 Å². The van der Waals surface area contributed by atoms with E-state index >= 15 is 0 Å². The highest BCUT2D eigenvalue weighted by Gasteiger charge is 2.20. The van der Waals surface area contributed by atoms with E-state index in [1.54, 1.807) is 11.3 Å². The molecule has 1 aliphatic carbocycles. The summed E-state index contributed by atoms with van der Waals surface area (Å²) in [5.74, 6) is 0.132. The van der Waals surface area contributed by atoms with Crippen LogP contribution < -0.4 is 11.1 Å². The van der Waals surface area contributed by atoms with Gasteiger partial charge in [-0.2, -0.15) is 0 Å². The van der Waals surface area contributed by atoms with Gasteiger partial charge in [-0.25, -0.2) is 0 Å². The van der Waals surface area contributed by atoms with Crippen molar-refractivity contribution in [2.75, 3.05) is 6.61 Å².